The Morgan fingerprint density at radius 3 is 2.62 bits per heavy atom. The molecule has 0 bridgehead atoms. The van der Waals surface area contributed by atoms with E-state index in [9.17, 15) is 4.79 Å². The van der Waals surface area contributed by atoms with Crippen molar-refractivity contribution >= 4 is 23.1 Å². The molecule has 146 valence electrons. The lowest BCUT2D eigenvalue weighted by Crippen LogP contribution is -2.36. The zero-order valence-electron chi connectivity index (χ0n) is 15.8. The fraction of sp³-hybridized carbons (Fsp3) is 0.238. The summed E-state index contributed by atoms with van der Waals surface area (Å²) >= 11 is 0. The molecule has 1 amide bonds. The fourth-order valence-electron chi connectivity index (χ4n) is 3.70. The number of morpholine rings is 1. The van der Waals surface area contributed by atoms with Gasteiger partial charge in [0.15, 0.2) is 0 Å². The van der Waals surface area contributed by atoms with Crippen LogP contribution in [-0.4, -0.2) is 47.2 Å². The van der Waals surface area contributed by atoms with E-state index < -0.39 is 0 Å². The normalized spacial score (nSPS) is 15.7. The van der Waals surface area contributed by atoms with Gasteiger partial charge in [0.25, 0.3) is 5.91 Å². The van der Waals surface area contributed by atoms with Crippen LogP contribution in [0, 0.1) is 0 Å². The summed E-state index contributed by atoms with van der Waals surface area (Å²) in [5.74, 6) is 0.563. The van der Waals surface area contributed by atoms with Crippen molar-refractivity contribution < 1.29 is 9.53 Å². The molecule has 8 heteroatoms. The number of anilines is 3. The van der Waals surface area contributed by atoms with Crippen molar-refractivity contribution in [3.8, 4) is 11.3 Å². The zero-order chi connectivity index (χ0) is 19.6. The van der Waals surface area contributed by atoms with Gasteiger partial charge < -0.3 is 20.3 Å². The van der Waals surface area contributed by atoms with E-state index in [0.29, 0.717) is 23.6 Å². The van der Waals surface area contributed by atoms with Gasteiger partial charge >= 0.3 is 0 Å². The van der Waals surface area contributed by atoms with Gasteiger partial charge in [0, 0.05) is 43.2 Å². The van der Waals surface area contributed by atoms with Crippen molar-refractivity contribution in [1.82, 2.24) is 20.3 Å². The highest BCUT2D eigenvalue weighted by Gasteiger charge is 2.27. The van der Waals surface area contributed by atoms with Gasteiger partial charge in [0.05, 0.1) is 48.2 Å². The highest BCUT2D eigenvalue weighted by Crippen LogP contribution is 2.33. The molecule has 29 heavy (non-hydrogen) atoms. The molecule has 3 aromatic heterocycles. The number of pyridine rings is 3. The Morgan fingerprint density at radius 1 is 1.03 bits per heavy atom. The third-order valence-electron chi connectivity index (χ3n) is 5.17. The molecule has 2 aliphatic heterocycles. The summed E-state index contributed by atoms with van der Waals surface area (Å²) in [6.07, 6.45) is 6.98. The van der Waals surface area contributed by atoms with E-state index in [1.54, 1.807) is 18.6 Å². The van der Waals surface area contributed by atoms with Crippen molar-refractivity contribution in [2.75, 3.05) is 36.5 Å². The largest absolute Gasteiger partial charge is 0.378 e. The summed E-state index contributed by atoms with van der Waals surface area (Å²) in [6, 6.07) is 7.73. The van der Waals surface area contributed by atoms with Gasteiger partial charge in [-0.2, -0.15) is 0 Å². The van der Waals surface area contributed by atoms with Gasteiger partial charge in [-0.25, -0.2) is 4.98 Å². The predicted octanol–water partition coefficient (Wildman–Crippen LogP) is 2.36. The highest BCUT2D eigenvalue weighted by atomic mass is 16.5. The fourth-order valence-corrected chi connectivity index (χ4v) is 3.70. The lowest BCUT2D eigenvalue weighted by molar-refractivity contribution is 0.0966. The van der Waals surface area contributed by atoms with Crippen LogP contribution < -0.4 is 15.5 Å². The lowest BCUT2D eigenvalue weighted by Gasteiger charge is -2.28. The first-order valence-corrected chi connectivity index (χ1v) is 9.56. The molecular formula is C21H20N6O2. The molecule has 2 aliphatic rings. The number of rotatable bonds is 4. The van der Waals surface area contributed by atoms with Gasteiger partial charge in [-0.3, -0.25) is 14.8 Å². The van der Waals surface area contributed by atoms with E-state index in [4.69, 9.17) is 4.74 Å². The van der Waals surface area contributed by atoms with Gasteiger partial charge in [-0.15, -0.1) is 0 Å². The van der Waals surface area contributed by atoms with Crippen LogP contribution in [0.2, 0.25) is 0 Å². The van der Waals surface area contributed by atoms with E-state index in [2.05, 4.69) is 30.5 Å². The molecule has 5 rings (SSSR count). The third-order valence-corrected chi connectivity index (χ3v) is 5.17. The van der Waals surface area contributed by atoms with Gasteiger partial charge in [0.1, 0.15) is 5.82 Å². The summed E-state index contributed by atoms with van der Waals surface area (Å²) in [5.41, 5.74) is 4.95. The maximum Gasteiger partial charge on any atom is 0.254 e. The minimum atomic E-state index is -0.106. The Balaban J connectivity index is 1.43. The number of hydrogen-bond donors (Lipinski definition) is 2. The molecule has 0 atom stereocenters. The standard InChI is InChI=1S/C21H20N6O2/c28-21-19-16(12-25-21)20(14-3-5-22-6-4-14)24-13-17(19)26-18-2-1-15(11-23-18)27-7-9-29-10-8-27/h1-6,11,13H,7-10,12H2,(H,23,26)(H,25,28). The average Bonchev–Trinajstić information content (AvgIpc) is 3.18. The van der Waals surface area contributed by atoms with E-state index in [0.717, 1.165) is 48.8 Å². The Morgan fingerprint density at radius 2 is 1.86 bits per heavy atom. The molecule has 2 N–H and O–H groups in total. The van der Waals surface area contributed by atoms with E-state index in [1.807, 2.05) is 30.5 Å². The lowest BCUT2D eigenvalue weighted by atomic mass is 10.0. The van der Waals surface area contributed by atoms with Crippen LogP contribution in [0.3, 0.4) is 0 Å². The number of nitrogens with one attached hydrogen (secondary N) is 2. The summed E-state index contributed by atoms with van der Waals surface area (Å²) in [6.45, 7) is 3.65. The second-order valence-electron chi connectivity index (χ2n) is 6.92. The van der Waals surface area contributed by atoms with Crippen LogP contribution in [0.5, 0.6) is 0 Å². The summed E-state index contributed by atoms with van der Waals surface area (Å²) < 4.78 is 5.40. The molecule has 0 aliphatic carbocycles. The highest BCUT2D eigenvalue weighted by molar-refractivity contribution is 6.05. The van der Waals surface area contributed by atoms with Crippen LogP contribution in [0.15, 0.2) is 49.1 Å². The van der Waals surface area contributed by atoms with Gasteiger partial charge in [-0.05, 0) is 24.3 Å². The first-order chi connectivity index (χ1) is 14.3. The smallest absolute Gasteiger partial charge is 0.254 e. The molecule has 0 radical (unpaired) electrons. The van der Waals surface area contributed by atoms with Crippen molar-refractivity contribution in [3.63, 3.8) is 0 Å². The van der Waals surface area contributed by atoms with Crippen LogP contribution in [0.1, 0.15) is 15.9 Å². The summed E-state index contributed by atoms with van der Waals surface area (Å²) in [7, 11) is 0. The number of hydrogen-bond acceptors (Lipinski definition) is 7. The molecule has 0 saturated carbocycles. The second-order valence-corrected chi connectivity index (χ2v) is 6.92. The number of nitrogens with zero attached hydrogens (tertiary/aromatic N) is 4. The zero-order valence-corrected chi connectivity index (χ0v) is 15.8. The summed E-state index contributed by atoms with van der Waals surface area (Å²) in [5, 5.41) is 6.15. The molecule has 1 saturated heterocycles. The minimum Gasteiger partial charge on any atom is -0.378 e. The van der Waals surface area contributed by atoms with Crippen molar-refractivity contribution in [1.29, 1.82) is 0 Å². The maximum atomic E-state index is 12.5. The SMILES string of the molecule is O=C1NCc2c(-c3ccncc3)ncc(Nc3ccc(N4CCOCC4)cn3)c21. The molecular weight excluding hydrogens is 368 g/mol. The Kier molecular flexibility index (Phi) is 4.53. The first kappa shape index (κ1) is 17.6. The van der Waals surface area contributed by atoms with Crippen molar-refractivity contribution in [2.24, 2.45) is 0 Å². The molecule has 0 unspecified atom stereocenters. The monoisotopic (exact) mass is 388 g/mol. The van der Waals surface area contributed by atoms with Crippen molar-refractivity contribution in [3.05, 3.63) is 60.2 Å². The number of amides is 1. The molecule has 3 aromatic rings. The maximum absolute atomic E-state index is 12.5. The number of carbonyl (C=O) groups is 1. The number of fused-ring (bicyclic) bond motifs is 1. The Hall–Kier alpha value is -3.52. The van der Waals surface area contributed by atoms with Crippen LogP contribution in [0.25, 0.3) is 11.3 Å². The molecule has 5 heterocycles. The number of ether oxygens (including phenoxy) is 1. The minimum absolute atomic E-state index is 0.106. The van der Waals surface area contributed by atoms with Gasteiger partial charge in [0.2, 0.25) is 0 Å². The van der Waals surface area contributed by atoms with E-state index >= 15 is 0 Å². The Bertz CT molecular complexity index is 1030. The van der Waals surface area contributed by atoms with Crippen molar-refractivity contribution in [2.45, 2.75) is 6.54 Å². The molecule has 1 fully saturated rings. The predicted molar refractivity (Wildman–Crippen MR) is 109 cm³/mol. The Labute approximate surface area is 168 Å². The van der Waals surface area contributed by atoms with E-state index in [1.165, 1.54) is 0 Å². The van der Waals surface area contributed by atoms with Gasteiger partial charge in [-0.1, -0.05) is 0 Å². The number of carbonyl (C=O) groups excluding carboxylic acids is 1. The second kappa shape index (κ2) is 7.48. The van der Waals surface area contributed by atoms with E-state index in [-0.39, 0.29) is 5.91 Å². The van der Waals surface area contributed by atoms with Crippen LogP contribution in [-0.2, 0) is 11.3 Å². The molecule has 0 aromatic carbocycles. The average molecular weight is 388 g/mol. The molecule has 8 nitrogen and oxygen atoms in total. The third kappa shape index (κ3) is 3.38. The number of aromatic nitrogens is 3. The first-order valence-electron chi connectivity index (χ1n) is 9.56. The summed E-state index contributed by atoms with van der Waals surface area (Å²) in [4.78, 5) is 27.9. The van der Waals surface area contributed by atoms with Crippen LogP contribution in [0.4, 0.5) is 17.2 Å². The molecule has 0 spiro atoms. The topological polar surface area (TPSA) is 92.3 Å². The quantitative estimate of drug-likeness (QED) is 0.709. The van der Waals surface area contributed by atoms with Crippen LogP contribution >= 0.6 is 0 Å².